The molecule has 1 atom stereocenters. The van der Waals surface area contributed by atoms with Crippen molar-refractivity contribution in [3.8, 4) is 0 Å². The number of hydrogen-bond acceptors (Lipinski definition) is 3. The highest BCUT2D eigenvalue weighted by atomic mass is 16.3. The molecule has 1 unspecified atom stereocenters. The van der Waals surface area contributed by atoms with Gasteiger partial charge in [-0.1, -0.05) is 33.1 Å². The van der Waals surface area contributed by atoms with Gasteiger partial charge >= 0.3 is 0 Å². The van der Waals surface area contributed by atoms with E-state index in [0.717, 1.165) is 25.7 Å². The summed E-state index contributed by atoms with van der Waals surface area (Å²) >= 11 is 0. The van der Waals surface area contributed by atoms with Gasteiger partial charge in [-0.25, -0.2) is 0 Å². The third-order valence-corrected chi connectivity index (χ3v) is 3.40. The summed E-state index contributed by atoms with van der Waals surface area (Å²) in [6.45, 7) is 4.17. The van der Waals surface area contributed by atoms with Gasteiger partial charge < -0.3 is 16.2 Å². The molecule has 0 aromatic carbocycles. The number of nitrogens with one attached hydrogen (secondary N) is 1. The second kappa shape index (κ2) is 5.64. The van der Waals surface area contributed by atoms with Crippen molar-refractivity contribution in [2.75, 3.05) is 6.54 Å². The van der Waals surface area contributed by atoms with E-state index in [1.165, 1.54) is 6.42 Å². The van der Waals surface area contributed by atoms with Crippen molar-refractivity contribution in [1.29, 1.82) is 0 Å². The molecule has 0 spiro atoms. The summed E-state index contributed by atoms with van der Waals surface area (Å²) in [6.07, 6.45) is 4.83. The fraction of sp³-hybridized carbons (Fsp3) is 0.917. The van der Waals surface area contributed by atoms with E-state index < -0.39 is 11.6 Å². The van der Waals surface area contributed by atoms with Crippen LogP contribution in [0.1, 0.15) is 46.0 Å². The van der Waals surface area contributed by atoms with Gasteiger partial charge in [0, 0.05) is 6.54 Å². The monoisotopic (exact) mass is 228 g/mol. The highest BCUT2D eigenvalue weighted by Gasteiger charge is 2.30. The molecule has 0 saturated heterocycles. The Balaban J connectivity index is 2.35. The standard InChI is InChI=1S/C12H24N2O2/c1-9(2)10(13)11(15)14-8-12(16)6-4-3-5-7-12/h9-10,16H,3-8,13H2,1-2H3,(H,14,15). The topological polar surface area (TPSA) is 75.4 Å². The van der Waals surface area contributed by atoms with Crippen molar-refractivity contribution in [3.05, 3.63) is 0 Å². The minimum absolute atomic E-state index is 0.126. The van der Waals surface area contributed by atoms with Gasteiger partial charge in [-0.05, 0) is 18.8 Å². The Bertz CT molecular complexity index is 235. The fourth-order valence-corrected chi connectivity index (χ4v) is 2.06. The molecular weight excluding hydrogens is 204 g/mol. The zero-order chi connectivity index (χ0) is 12.2. The first-order chi connectivity index (χ1) is 7.44. The van der Waals surface area contributed by atoms with Crippen molar-refractivity contribution in [2.45, 2.75) is 57.6 Å². The van der Waals surface area contributed by atoms with E-state index in [2.05, 4.69) is 5.32 Å². The Kier molecular flexibility index (Phi) is 4.74. The molecule has 0 aliphatic heterocycles. The highest BCUT2D eigenvalue weighted by Crippen LogP contribution is 2.27. The number of carbonyl (C=O) groups excluding carboxylic acids is 1. The summed E-state index contributed by atoms with van der Waals surface area (Å²) in [7, 11) is 0. The number of hydrogen-bond donors (Lipinski definition) is 3. The molecule has 4 nitrogen and oxygen atoms in total. The van der Waals surface area contributed by atoms with Crippen LogP contribution < -0.4 is 11.1 Å². The van der Waals surface area contributed by atoms with E-state index in [-0.39, 0.29) is 11.8 Å². The Morgan fingerprint density at radius 2 is 1.94 bits per heavy atom. The highest BCUT2D eigenvalue weighted by molar-refractivity contribution is 5.81. The molecule has 0 radical (unpaired) electrons. The van der Waals surface area contributed by atoms with Crippen molar-refractivity contribution >= 4 is 5.91 Å². The lowest BCUT2D eigenvalue weighted by atomic mass is 9.85. The van der Waals surface area contributed by atoms with Gasteiger partial charge in [0.25, 0.3) is 0 Å². The minimum atomic E-state index is -0.704. The predicted molar refractivity (Wildman–Crippen MR) is 63.9 cm³/mol. The van der Waals surface area contributed by atoms with Crippen molar-refractivity contribution in [1.82, 2.24) is 5.32 Å². The third kappa shape index (κ3) is 3.76. The summed E-state index contributed by atoms with van der Waals surface area (Å²) in [5.74, 6) is -0.0324. The number of rotatable bonds is 4. The first-order valence-corrected chi connectivity index (χ1v) is 6.20. The normalized spacial score (nSPS) is 21.8. The summed E-state index contributed by atoms with van der Waals surface area (Å²) < 4.78 is 0. The molecule has 1 rings (SSSR count). The molecular formula is C12H24N2O2. The molecule has 0 aromatic rings. The molecule has 1 fully saturated rings. The summed E-state index contributed by atoms with van der Waals surface area (Å²) in [5.41, 5.74) is 5.02. The molecule has 4 N–H and O–H groups in total. The number of amides is 1. The van der Waals surface area contributed by atoms with Crippen molar-refractivity contribution in [3.63, 3.8) is 0 Å². The van der Waals surface area contributed by atoms with Gasteiger partial charge in [0.1, 0.15) is 0 Å². The van der Waals surface area contributed by atoms with Crippen LogP contribution in [0.3, 0.4) is 0 Å². The van der Waals surface area contributed by atoms with Crippen LogP contribution in [0.25, 0.3) is 0 Å². The Morgan fingerprint density at radius 1 is 1.38 bits per heavy atom. The van der Waals surface area contributed by atoms with Crippen LogP contribution in [0.4, 0.5) is 0 Å². The van der Waals surface area contributed by atoms with Gasteiger partial charge in [0.15, 0.2) is 0 Å². The molecule has 0 bridgehead atoms. The van der Waals surface area contributed by atoms with E-state index in [0.29, 0.717) is 6.54 Å². The van der Waals surface area contributed by atoms with Crippen LogP contribution >= 0.6 is 0 Å². The molecule has 0 aromatic heterocycles. The lowest BCUT2D eigenvalue weighted by molar-refractivity contribution is -0.124. The van der Waals surface area contributed by atoms with E-state index in [1.807, 2.05) is 13.8 Å². The summed E-state index contributed by atoms with van der Waals surface area (Å²) in [6, 6.07) is -0.479. The van der Waals surface area contributed by atoms with E-state index in [1.54, 1.807) is 0 Å². The molecule has 1 aliphatic rings. The lowest BCUT2D eigenvalue weighted by Crippen LogP contribution is -2.50. The maximum atomic E-state index is 11.6. The first-order valence-electron chi connectivity index (χ1n) is 6.20. The SMILES string of the molecule is CC(C)C(N)C(=O)NCC1(O)CCCCC1. The van der Waals surface area contributed by atoms with Crippen LogP contribution in [0.5, 0.6) is 0 Å². The molecule has 16 heavy (non-hydrogen) atoms. The smallest absolute Gasteiger partial charge is 0.237 e. The summed E-state index contributed by atoms with van der Waals surface area (Å²) in [5, 5.41) is 12.9. The number of nitrogens with two attached hydrogens (primary N) is 1. The van der Waals surface area contributed by atoms with Crippen LogP contribution in [-0.2, 0) is 4.79 Å². The Hall–Kier alpha value is -0.610. The zero-order valence-electron chi connectivity index (χ0n) is 10.3. The average Bonchev–Trinajstić information content (AvgIpc) is 2.26. The fourth-order valence-electron chi connectivity index (χ4n) is 2.06. The van der Waals surface area contributed by atoms with Crippen molar-refractivity contribution < 1.29 is 9.90 Å². The molecule has 1 amide bonds. The van der Waals surface area contributed by atoms with Gasteiger partial charge in [0.2, 0.25) is 5.91 Å². The maximum absolute atomic E-state index is 11.6. The minimum Gasteiger partial charge on any atom is -0.388 e. The van der Waals surface area contributed by atoms with Crippen LogP contribution in [-0.4, -0.2) is 29.2 Å². The van der Waals surface area contributed by atoms with E-state index in [4.69, 9.17) is 5.73 Å². The van der Waals surface area contributed by atoms with Gasteiger partial charge in [-0.15, -0.1) is 0 Å². The second-order valence-corrected chi connectivity index (χ2v) is 5.27. The first kappa shape index (κ1) is 13.5. The maximum Gasteiger partial charge on any atom is 0.237 e. The van der Waals surface area contributed by atoms with Gasteiger partial charge in [-0.2, -0.15) is 0 Å². The molecule has 94 valence electrons. The van der Waals surface area contributed by atoms with Gasteiger partial charge in [0.05, 0.1) is 11.6 Å². The number of carbonyl (C=O) groups is 1. The lowest BCUT2D eigenvalue weighted by Gasteiger charge is -2.32. The van der Waals surface area contributed by atoms with Crippen molar-refractivity contribution in [2.24, 2.45) is 11.7 Å². The largest absolute Gasteiger partial charge is 0.388 e. The van der Waals surface area contributed by atoms with E-state index in [9.17, 15) is 9.90 Å². The quantitative estimate of drug-likeness (QED) is 0.665. The predicted octanol–water partition coefficient (Wildman–Crippen LogP) is 0.781. The van der Waals surface area contributed by atoms with Crippen LogP contribution in [0, 0.1) is 5.92 Å². The average molecular weight is 228 g/mol. The molecule has 1 aliphatic carbocycles. The molecule has 0 heterocycles. The molecule has 4 heteroatoms. The second-order valence-electron chi connectivity index (χ2n) is 5.27. The Labute approximate surface area is 97.6 Å². The van der Waals surface area contributed by atoms with Gasteiger partial charge in [-0.3, -0.25) is 4.79 Å². The Morgan fingerprint density at radius 3 is 2.44 bits per heavy atom. The third-order valence-electron chi connectivity index (χ3n) is 3.40. The van der Waals surface area contributed by atoms with E-state index >= 15 is 0 Å². The molecule has 1 saturated carbocycles. The van der Waals surface area contributed by atoms with Crippen LogP contribution in [0.15, 0.2) is 0 Å². The summed E-state index contributed by atoms with van der Waals surface area (Å²) in [4.78, 5) is 11.6. The zero-order valence-corrected chi connectivity index (χ0v) is 10.3. The van der Waals surface area contributed by atoms with Crippen LogP contribution in [0.2, 0.25) is 0 Å². The number of aliphatic hydroxyl groups is 1.